The van der Waals surface area contributed by atoms with Crippen LogP contribution in [-0.2, 0) is 6.42 Å². The van der Waals surface area contributed by atoms with Crippen LogP contribution in [-0.4, -0.2) is 52.8 Å². The number of benzene rings is 2. The summed E-state index contributed by atoms with van der Waals surface area (Å²) in [5.74, 6) is 1.37. The SMILES string of the molecule is CN1C(=O)c2cc3ccccc3cc2N(C)c2nc(Cc3cnn(C4CCNCC4)c3)ncc21. The Hall–Kier alpha value is -3.78. The van der Waals surface area contributed by atoms with Crippen molar-refractivity contribution in [2.45, 2.75) is 25.3 Å². The number of piperidine rings is 1. The third-order valence-corrected chi connectivity index (χ3v) is 6.94. The molecule has 0 spiro atoms. The minimum absolute atomic E-state index is 0.0639. The molecular weight excluding hydrogens is 426 g/mol. The van der Waals surface area contributed by atoms with Crippen LogP contribution >= 0.6 is 0 Å². The lowest BCUT2D eigenvalue weighted by molar-refractivity contribution is 0.0994. The van der Waals surface area contributed by atoms with E-state index in [4.69, 9.17) is 4.98 Å². The van der Waals surface area contributed by atoms with Crippen LogP contribution in [0.25, 0.3) is 10.8 Å². The van der Waals surface area contributed by atoms with Gasteiger partial charge in [-0.25, -0.2) is 9.97 Å². The van der Waals surface area contributed by atoms with E-state index in [1.165, 1.54) is 0 Å². The Morgan fingerprint density at radius 1 is 1.00 bits per heavy atom. The smallest absolute Gasteiger partial charge is 0.260 e. The van der Waals surface area contributed by atoms with Crippen molar-refractivity contribution in [3.63, 3.8) is 0 Å². The highest BCUT2D eigenvalue weighted by molar-refractivity contribution is 6.15. The van der Waals surface area contributed by atoms with Gasteiger partial charge in [0.2, 0.25) is 0 Å². The van der Waals surface area contributed by atoms with E-state index in [9.17, 15) is 4.79 Å². The molecule has 0 aliphatic carbocycles. The van der Waals surface area contributed by atoms with E-state index in [1.807, 2.05) is 42.4 Å². The van der Waals surface area contributed by atoms with Gasteiger partial charge in [-0.2, -0.15) is 5.10 Å². The van der Waals surface area contributed by atoms with Crippen LogP contribution < -0.4 is 15.1 Å². The van der Waals surface area contributed by atoms with Crippen LogP contribution in [0.15, 0.2) is 55.0 Å². The van der Waals surface area contributed by atoms with Crippen molar-refractivity contribution >= 4 is 33.9 Å². The average Bonchev–Trinajstić information content (AvgIpc) is 3.33. The standard InChI is InChI=1S/C26H27N7O/c1-31-22-13-19-6-4-3-5-18(19)12-21(22)26(34)32(2)23-15-28-24(30-25(23)31)11-17-14-29-33(16-17)20-7-9-27-10-8-20/h3-6,12-16,20,27H,7-11H2,1-2H3. The molecule has 8 nitrogen and oxygen atoms in total. The molecule has 1 N–H and O–H groups in total. The van der Waals surface area contributed by atoms with Crippen molar-refractivity contribution in [1.82, 2.24) is 25.1 Å². The van der Waals surface area contributed by atoms with Crippen molar-refractivity contribution < 1.29 is 4.79 Å². The number of anilines is 3. The highest BCUT2D eigenvalue weighted by Crippen LogP contribution is 2.39. The Labute approximate surface area is 198 Å². The summed E-state index contributed by atoms with van der Waals surface area (Å²) in [5.41, 5.74) is 3.29. The average molecular weight is 454 g/mol. The fourth-order valence-electron chi connectivity index (χ4n) is 4.97. The fourth-order valence-corrected chi connectivity index (χ4v) is 4.97. The zero-order valence-corrected chi connectivity index (χ0v) is 19.4. The van der Waals surface area contributed by atoms with Gasteiger partial charge in [0.25, 0.3) is 5.91 Å². The number of rotatable bonds is 3. The Morgan fingerprint density at radius 3 is 2.56 bits per heavy atom. The topological polar surface area (TPSA) is 79.2 Å². The lowest BCUT2D eigenvalue weighted by Gasteiger charge is -2.22. The molecule has 1 saturated heterocycles. The lowest BCUT2D eigenvalue weighted by Crippen LogP contribution is -2.29. The molecule has 8 heteroatoms. The van der Waals surface area contributed by atoms with Crippen LogP contribution in [0, 0.1) is 0 Å². The third-order valence-electron chi connectivity index (χ3n) is 6.94. The number of aromatic nitrogens is 4. The summed E-state index contributed by atoms with van der Waals surface area (Å²) in [7, 11) is 3.75. The van der Waals surface area contributed by atoms with Gasteiger partial charge in [0, 0.05) is 26.7 Å². The van der Waals surface area contributed by atoms with Gasteiger partial charge in [-0.1, -0.05) is 24.3 Å². The molecule has 1 fully saturated rings. The molecule has 6 rings (SSSR count). The first kappa shape index (κ1) is 20.8. The van der Waals surface area contributed by atoms with Crippen molar-refractivity contribution in [3.8, 4) is 0 Å². The molecule has 2 aromatic carbocycles. The monoisotopic (exact) mass is 453 g/mol. The van der Waals surface area contributed by atoms with Gasteiger partial charge in [0.05, 0.1) is 29.7 Å². The van der Waals surface area contributed by atoms with Gasteiger partial charge in [-0.15, -0.1) is 0 Å². The number of nitrogens with zero attached hydrogens (tertiary/aromatic N) is 6. The minimum atomic E-state index is -0.0639. The van der Waals surface area contributed by atoms with Gasteiger partial charge < -0.3 is 15.1 Å². The van der Waals surface area contributed by atoms with Crippen molar-refractivity contribution in [3.05, 3.63) is 71.9 Å². The van der Waals surface area contributed by atoms with Crippen LogP contribution in [0.5, 0.6) is 0 Å². The quantitative estimate of drug-likeness (QED) is 0.510. The fraction of sp³-hybridized carbons (Fsp3) is 0.308. The van der Waals surface area contributed by atoms with Gasteiger partial charge in [0.1, 0.15) is 11.5 Å². The molecule has 0 atom stereocenters. The molecule has 2 aliphatic rings. The molecule has 1 amide bonds. The first-order chi connectivity index (χ1) is 16.6. The first-order valence-electron chi connectivity index (χ1n) is 11.7. The maximum atomic E-state index is 13.3. The van der Waals surface area contributed by atoms with Gasteiger partial charge >= 0.3 is 0 Å². The molecule has 0 unspecified atom stereocenters. The van der Waals surface area contributed by atoms with Crippen LogP contribution in [0.2, 0.25) is 0 Å². The van der Waals surface area contributed by atoms with E-state index >= 15 is 0 Å². The van der Waals surface area contributed by atoms with E-state index in [2.05, 4.69) is 38.4 Å². The molecule has 2 aromatic heterocycles. The number of carbonyl (C=O) groups is 1. The van der Waals surface area contributed by atoms with E-state index in [-0.39, 0.29) is 5.91 Å². The molecule has 34 heavy (non-hydrogen) atoms. The Kier molecular flexibility index (Phi) is 5.03. The van der Waals surface area contributed by atoms with Crippen molar-refractivity contribution in [2.24, 2.45) is 0 Å². The summed E-state index contributed by atoms with van der Waals surface area (Å²) < 4.78 is 2.08. The molecule has 2 aliphatic heterocycles. The molecule has 0 saturated carbocycles. The normalized spacial score (nSPS) is 16.5. The van der Waals surface area contributed by atoms with Crippen LogP contribution in [0.1, 0.15) is 40.6 Å². The first-order valence-corrected chi connectivity index (χ1v) is 11.7. The second-order valence-corrected chi connectivity index (χ2v) is 9.12. The summed E-state index contributed by atoms with van der Waals surface area (Å²) in [6, 6.07) is 12.6. The third kappa shape index (κ3) is 3.51. The summed E-state index contributed by atoms with van der Waals surface area (Å²) in [5, 5.41) is 10.1. The molecule has 0 radical (unpaired) electrons. The predicted molar refractivity (Wildman–Crippen MR) is 133 cm³/mol. The molecule has 4 aromatic rings. The summed E-state index contributed by atoms with van der Waals surface area (Å²) >= 11 is 0. The maximum absolute atomic E-state index is 13.3. The molecule has 172 valence electrons. The van der Waals surface area contributed by atoms with E-state index in [0.29, 0.717) is 29.5 Å². The Morgan fingerprint density at radius 2 is 1.76 bits per heavy atom. The summed E-state index contributed by atoms with van der Waals surface area (Å²) in [6.45, 7) is 2.06. The summed E-state index contributed by atoms with van der Waals surface area (Å²) in [4.78, 5) is 26.5. The number of hydrogen-bond acceptors (Lipinski definition) is 6. The summed E-state index contributed by atoms with van der Waals surface area (Å²) in [6.07, 6.45) is 8.57. The van der Waals surface area contributed by atoms with Crippen molar-refractivity contribution in [1.29, 1.82) is 0 Å². The second kappa shape index (κ2) is 8.22. The van der Waals surface area contributed by atoms with Crippen molar-refractivity contribution in [2.75, 3.05) is 37.0 Å². The van der Waals surface area contributed by atoms with E-state index in [0.717, 1.165) is 53.8 Å². The van der Waals surface area contributed by atoms with E-state index in [1.54, 1.807) is 18.1 Å². The number of fused-ring (bicyclic) bond motifs is 3. The molecule has 0 bridgehead atoms. The zero-order chi connectivity index (χ0) is 23.2. The number of nitrogens with one attached hydrogen (secondary N) is 1. The predicted octanol–water partition coefficient (Wildman–Crippen LogP) is 3.70. The molecule has 4 heterocycles. The van der Waals surface area contributed by atoms with Crippen LogP contribution in [0.4, 0.5) is 17.2 Å². The highest BCUT2D eigenvalue weighted by atomic mass is 16.2. The molecular formula is C26H27N7O. The largest absolute Gasteiger partial charge is 0.327 e. The van der Waals surface area contributed by atoms with E-state index < -0.39 is 0 Å². The van der Waals surface area contributed by atoms with Gasteiger partial charge in [-0.3, -0.25) is 9.48 Å². The Balaban J connectivity index is 1.35. The number of carbonyl (C=O) groups excluding carboxylic acids is 1. The lowest BCUT2D eigenvalue weighted by atomic mass is 10.0. The zero-order valence-electron chi connectivity index (χ0n) is 19.4. The minimum Gasteiger partial charge on any atom is -0.327 e. The van der Waals surface area contributed by atoms with Gasteiger partial charge in [-0.05, 0) is 54.4 Å². The highest BCUT2D eigenvalue weighted by Gasteiger charge is 2.29. The van der Waals surface area contributed by atoms with Crippen LogP contribution in [0.3, 0.4) is 0 Å². The second-order valence-electron chi connectivity index (χ2n) is 9.12. The number of amides is 1. The number of hydrogen-bond donors (Lipinski definition) is 1. The Bertz CT molecular complexity index is 1390. The maximum Gasteiger partial charge on any atom is 0.260 e. The van der Waals surface area contributed by atoms with Gasteiger partial charge in [0.15, 0.2) is 5.82 Å².